The lowest BCUT2D eigenvalue weighted by atomic mass is 9.93. The SMILES string of the molecule is c1ccc(-c2ccc3c(c2)c2cc(-c4ccncc4)ccc2n3-c2ccc3c(c2)sc2cc4c5ccccc5c5ccccc5c4cc23)cc1. The van der Waals surface area contributed by atoms with E-state index in [2.05, 4.69) is 167 Å². The number of pyridine rings is 1. The average molecular weight is 653 g/mol. The third-order valence-corrected chi connectivity index (χ3v) is 11.6. The fraction of sp³-hybridized carbons (Fsp3) is 0. The van der Waals surface area contributed by atoms with Crippen molar-refractivity contribution < 1.29 is 0 Å². The largest absolute Gasteiger partial charge is 0.309 e. The van der Waals surface area contributed by atoms with Crippen molar-refractivity contribution in [1.29, 1.82) is 0 Å². The van der Waals surface area contributed by atoms with E-state index in [1.54, 1.807) is 0 Å². The maximum absolute atomic E-state index is 4.25. The molecule has 0 aliphatic carbocycles. The molecule has 232 valence electrons. The molecule has 0 saturated heterocycles. The summed E-state index contributed by atoms with van der Waals surface area (Å²) in [5, 5.41) is 13.0. The Hall–Kier alpha value is -6.29. The van der Waals surface area contributed by atoms with Gasteiger partial charge in [-0.3, -0.25) is 4.98 Å². The van der Waals surface area contributed by atoms with Gasteiger partial charge in [-0.25, -0.2) is 0 Å². The van der Waals surface area contributed by atoms with E-state index in [-0.39, 0.29) is 0 Å². The highest BCUT2D eigenvalue weighted by Crippen LogP contribution is 2.43. The molecule has 50 heavy (non-hydrogen) atoms. The van der Waals surface area contributed by atoms with Gasteiger partial charge in [0.25, 0.3) is 0 Å². The van der Waals surface area contributed by atoms with Crippen molar-refractivity contribution >= 4 is 85.6 Å². The van der Waals surface area contributed by atoms with E-state index in [0.717, 1.165) is 0 Å². The molecule has 3 heteroatoms. The van der Waals surface area contributed by atoms with Gasteiger partial charge in [-0.05, 0) is 115 Å². The molecule has 0 N–H and O–H groups in total. The fourth-order valence-electron chi connectivity index (χ4n) is 8.14. The first kappa shape index (κ1) is 27.6. The summed E-state index contributed by atoms with van der Waals surface area (Å²) in [5.41, 5.74) is 8.38. The second kappa shape index (κ2) is 10.6. The third-order valence-electron chi connectivity index (χ3n) is 10.5. The zero-order valence-electron chi connectivity index (χ0n) is 27.0. The number of fused-ring (bicyclic) bond motifs is 12. The summed E-state index contributed by atoms with van der Waals surface area (Å²) in [6.07, 6.45) is 3.73. The first-order valence-corrected chi connectivity index (χ1v) is 17.8. The second-order valence-corrected chi connectivity index (χ2v) is 14.3. The summed E-state index contributed by atoms with van der Waals surface area (Å²) >= 11 is 1.89. The molecule has 0 spiro atoms. The number of hydrogen-bond acceptors (Lipinski definition) is 2. The van der Waals surface area contributed by atoms with E-state index < -0.39 is 0 Å². The molecule has 0 saturated carbocycles. The molecule has 0 aliphatic heterocycles. The van der Waals surface area contributed by atoms with Crippen molar-refractivity contribution in [2.24, 2.45) is 0 Å². The van der Waals surface area contributed by atoms with E-state index in [1.807, 2.05) is 23.7 Å². The van der Waals surface area contributed by atoms with Crippen molar-refractivity contribution in [3.8, 4) is 27.9 Å². The molecular formula is C47H28N2S. The summed E-state index contributed by atoms with van der Waals surface area (Å²) in [5.74, 6) is 0. The predicted octanol–water partition coefficient (Wildman–Crippen LogP) is 13.3. The van der Waals surface area contributed by atoms with E-state index in [0.29, 0.717) is 0 Å². The van der Waals surface area contributed by atoms with Crippen LogP contribution in [0.25, 0.3) is 102 Å². The first-order valence-electron chi connectivity index (χ1n) is 17.0. The lowest BCUT2D eigenvalue weighted by molar-refractivity contribution is 1.19. The minimum Gasteiger partial charge on any atom is -0.309 e. The predicted molar refractivity (Wildman–Crippen MR) is 215 cm³/mol. The van der Waals surface area contributed by atoms with E-state index in [9.17, 15) is 0 Å². The van der Waals surface area contributed by atoms with Gasteiger partial charge in [-0.2, -0.15) is 0 Å². The number of thiophene rings is 1. The van der Waals surface area contributed by atoms with Crippen molar-refractivity contribution in [3.05, 3.63) is 170 Å². The van der Waals surface area contributed by atoms with Gasteiger partial charge < -0.3 is 4.57 Å². The topological polar surface area (TPSA) is 17.8 Å². The molecule has 2 nitrogen and oxygen atoms in total. The van der Waals surface area contributed by atoms with Crippen molar-refractivity contribution in [2.75, 3.05) is 0 Å². The molecule has 8 aromatic carbocycles. The summed E-state index contributed by atoms with van der Waals surface area (Å²) in [6.45, 7) is 0. The van der Waals surface area contributed by atoms with Crippen LogP contribution in [0.4, 0.5) is 0 Å². The number of hydrogen-bond donors (Lipinski definition) is 0. The van der Waals surface area contributed by atoms with Crippen LogP contribution in [-0.4, -0.2) is 9.55 Å². The Kier molecular flexibility index (Phi) is 5.86. The number of aromatic nitrogens is 2. The maximum Gasteiger partial charge on any atom is 0.0541 e. The van der Waals surface area contributed by atoms with Crippen LogP contribution in [0.15, 0.2) is 170 Å². The van der Waals surface area contributed by atoms with E-state index in [4.69, 9.17) is 0 Å². The summed E-state index contributed by atoms with van der Waals surface area (Å²) < 4.78 is 5.06. The molecule has 3 heterocycles. The van der Waals surface area contributed by atoms with Crippen LogP contribution in [0.2, 0.25) is 0 Å². The maximum atomic E-state index is 4.25. The van der Waals surface area contributed by atoms with Gasteiger partial charge >= 0.3 is 0 Å². The van der Waals surface area contributed by atoms with E-state index in [1.165, 1.54) is 102 Å². The highest BCUT2D eigenvalue weighted by molar-refractivity contribution is 7.26. The Morgan fingerprint density at radius 2 is 0.880 bits per heavy atom. The van der Waals surface area contributed by atoms with E-state index >= 15 is 0 Å². The van der Waals surface area contributed by atoms with Crippen LogP contribution < -0.4 is 0 Å². The molecular weight excluding hydrogens is 625 g/mol. The molecule has 0 amide bonds. The van der Waals surface area contributed by atoms with Crippen LogP contribution in [0, 0.1) is 0 Å². The average Bonchev–Trinajstić information content (AvgIpc) is 3.71. The third kappa shape index (κ3) is 4.05. The quantitative estimate of drug-likeness (QED) is 0.174. The minimum atomic E-state index is 1.17. The fourth-order valence-corrected chi connectivity index (χ4v) is 9.30. The summed E-state index contributed by atoms with van der Waals surface area (Å²) in [7, 11) is 0. The normalized spacial score (nSPS) is 12.0. The number of rotatable bonds is 3. The highest BCUT2D eigenvalue weighted by atomic mass is 32.1. The zero-order valence-corrected chi connectivity index (χ0v) is 27.8. The van der Waals surface area contributed by atoms with Gasteiger partial charge in [-0.15, -0.1) is 11.3 Å². The molecule has 0 atom stereocenters. The Labute approximate surface area is 292 Å². The summed E-state index contributed by atoms with van der Waals surface area (Å²) in [6, 6.07) is 58.2. The molecule has 0 aliphatic rings. The van der Waals surface area contributed by atoms with Gasteiger partial charge in [0.1, 0.15) is 0 Å². The van der Waals surface area contributed by atoms with Crippen LogP contribution in [0.3, 0.4) is 0 Å². The monoisotopic (exact) mass is 652 g/mol. The van der Waals surface area contributed by atoms with Gasteiger partial charge in [0.15, 0.2) is 0 Å². The van der Waals surface area contributed by atoms with Crippen molar-refractivity contribution in [1.82, 2.24) is 9.55 Å². The highest BCUT2D eigenvalue weighted by Gasteiger charge is 2.17. The van der Waals surface area contributed by atoms with Crippen LogP contribution in [0.5, 0.6) is 0 Å². The first-order chi connectivity index (χ1) is 24.8. The smallest absolute Gasteiger partial charge is 0.0541 e. The second-order valence-electron chi connectivity index (χ2n) is 13.2. The molecule has 11 aromatic rings. The Morgan fingerprint density at radius 1 is 0.340 bits per heavy atom. The van der Waals surface area contributed by atoms with Crippen LogP contribution in [-0.2, 0) is 0 Å². The van der Waals surface area contributed by atoms with Gasteiger partial charge in [0, 0.05) is 49.0 Å². The molecule has 0 unspecified atom stereocenters. The van der Waals surface area contributed by atoms with Crippen molar-refractivity contribution in [2.45, 2.75) is 0 Å². The molecule has 11 rings (SSSR count). The number of nitrogens with zero attached hydrogens (tertiary/aromatic N) is 2. The minimum absolute atomic E-state index is 1.17. The van der Waals surface area contributed by atoms with Gasteiger partial charge in [0.2, 0.25) is 0 Å². The number of benzene rings is 8. The molecule has 3 aromatic heterocycles. The molecule has 0 bridgehead atoms. The zero-order chi connectivity index (χ0) is 32.8. The van der Waals surface area contributed by atoms with Crippen LogP contribution in [0.1, 0.15) is 0 Å². The van der Waals surface area contributed by atoms with Crippen molar-refractivity contribution in [3.63, 3.8) is 0 Å². The lowest BCUT2D eigenvalue weighted by Crippen LogP contribution is -1.93. The Bertz CT molecular complexity index is 3040. The van der Waals surface area contributed by atoms with Gasteiger partial charge in [0.05, 0.1) is 11.0 Å². The summed E-state index contributed by atoms with van der Waals surface area (Å²) in [4.78, 5) is 4.25. The Morgan fingerprint density at radius 3 is 1.52 bits per heavy atom. The lowest BCUT2D eigenvalue weighted by Gasteiger charge is -2.10. The molecule has 0 fully saturated rings. The van der Waals surface area contributed by atoms with Crippen LogP contribution >= 0.6 is 11.3 Å². The molecule has 0 radical (unpaired) electrons. The standard InChI is InChI=1S/C47H28N2S/c1-2-8-29(9-3-1)31-14-18-44-41(24-31)42-25-32(30-20-22-48-23-21-30)15-19-45(42)49(44)33-16-17-38-43-27-39-36-12-6-4-10-34(36)35-11-5-7-13-37(35)40(39)28-47(43)50-46(38)26-33/h1-28H. The van der Waals surface area contributed by atoms with Gasteiger partial charge in [-0.1, -0.05) is 97.1 Å². The Balaban J connectivity index is 1.16.